The zero-order valence-electron chi connectivity index (χ0n) is 5.66. The Bertz CT molecular complexity index is 217. The van der Waals surface area contributed by atoms with Crippen LogP contribution in [-0.4, -0.2) is 5.33 Å². The number of halogens is 2. The molecule has 1 aromatic rings. The van der Waals surface area contributed by atoms with Crippen molar-refractivity contribution in [1.82, 2.24) is 0 Å². The molecule has 1 nitrogen and oxygen atoms in total. The van der Waals surface area contributed by atoms with Gasteiger partial charge in [-0.1, -0.05) is 15.9 Å². The zero-order valence-corrected chi connectivity index (χ0v) is 8.83. The molecule has 0 aliphatic heterocycles. The minimum absolute atomic E-state index is 0.820. The molecule has 0 spiro atoms. The number of furan rings is 1. The fourth-order valence-corrected chi connectivity index (χ4v) is 1.71. The maximum Gasteiger partial charge on any atom is 0.169 e. The highest BCUT2D eigenvalue weighted by Crippen LogP contribution is 2.20. The van der Waals surface area contributed by atoms with Gasteiger partial charge < -0.3 is 4.42 Å². The fraction of sp³-hybridized carbons (Fsp3) is 0.429. The first-order valence-corrected chi connectivity index (χ1v) is 4.96. The van der Waals surface area contributed by atoms with Gasteiger partial charge in [-0.2, -0.15) is 0 Å². The largest absolute Gasteiger partial charge is 0.454 e. The van der Waals surface area contributed by atoms with Crippen LogP contribution < -0.4 is 0 Å². The average Bonchev–Trinajstić information content (AvgIpc) is 2.13. The van der Waals surface area contributed by atoms with Crippen LogP contribution in [0.1, 0.15) is 11.3 Å². The summed E-state index contributed by atoms with van der Waals surface area (Å²) in [6.07, 6.45) is 0.956. The molecule has 0 saturated heterocycles. The van der Waals surface area contributed by atoms with Crippen molar-refractivity contribution in [3.8, 4) is 0 Å². The summed E-state index contributed by atoms with van der Waals surface area (Å²) in [5.41, 5.74) is 1.21. The van der Waals surface area contributed by atoms with E-state index in [9.17, 15) is 0 Å². The molecular formula is C7H8Br2O. The van der Waals surface area contributed by atoms with Crippen molar-refractivity contribution in [1.29, 1.82) is 0 Å². The Balaban J connectivity index is 2.81. The topological polar surface area (TPSA) is 13.1 Å². The van der Waals surface area contributed by atoms with Gasteiger partial charge in [0.2, 0.25) is 0 Å². The molecule has 1 heterocycles. The van der Waals surface area contributed by atoms with Crippen LogP contribution in [0.5, 0.6) is 0 Å². The van der Waals surface area contributed by atoms with E-state index in [2.05, 4.69) is 31.9 Å². The summed E-state index contributed by atoms with van der Waals surface area (Å²) in [5.74, 6) is 1.06. The van der Waals surface area contributed by atoms with Crippen molar-refractivity contribution in [3.63, 3.8) is 0 Å². The number of hydrogen-bond acceptors (Lipinski definition) is 1. The predicted molar refractivity (Wildman–Crippen MR) is 48.6 cm³/mol. The highest BCUT2D eigenvalue weighted by atomic mass is 79.9. The van der Waals surface area contributed by atoms with E-state index in [1.54, 1.807) is 0 Å². The van der Waals surface area contributed by atoms with Gasteiger partial charge in [0, 0.05) is 11.8 Å². The second-order valence-electron chi connectivity index (χ2n) is 2.10. The van der Waals surface area contributed by atoms with Gasteiger partial charge in [-0.25, -0.2) is 0 Å². The van der Waals surface area contributed by atoms with Crippen molar-refractivity contribution in [2.45, 2.75) is 13.3 Å². The van der Waals surface area contributed by atoms with Crippen molar-refractivity contribution < 1.29 is 4.42 Å². The van der Waals surface area contributed by atoms with Crippen molar-refractivity contribution in [3.05, 3.63) is 22.1 Å². The Kier molecular flexibility index (Phi) is 2.98. The summed E-state index contributed by atoms with van der Waals surface area (Å²) in [7, 11) is 0. The van der Waals surface area contributed by atoms with Crippen LogP contribution in [0, 0.1) is 6.92 Å². The Morgan fingerprint density at radius 2 is 2.30 bits per heavy atom. The summed E-state index contributed by atoms with van der Waals surface area (Å²) in [4.78, 5) is 0. The van der Waals surface area contributed by atoms with Crippen molar-refractivity contribution in [2.24, 2.45) is 0 Å². The molecule has 1 rings (SSSR count). The molecule has 0 amide bonds. The molecule has 0 aliphatic carbocycles. The zero-order chi connectivity index (χ0) is 7.56. The number of alkyl halides is 1. The molecule has 1 aromatic heterocycles. The minimum Gasteiger partial charge on any atom is -0.454 e. The fourth-order valence-electron chi connectivity index (χ4n) is 0.812. The smallest absolute Gasteiger partial charge is 0.169 e. The van der Waals surface area contributed by atoms with Gasteiger partial charge in [-0.05, 0) is 34.5 Å². The molecule has 0 saturated carbocycles. The van der Waals surface area contributed by atoms with E-state index in [1.165, 1.54) is 5.56 Å². The second-order valence-corrected chi connectivity index (χ2v) is 3.67. The molecule has 0 radical (unpaired) electrons. The van der Waals surface area contributed by atoms with Gasteiger partial charge in [-0.3, -0.25) is 0 Å². The first kappa shape index (κ1) is 8.34. The number of aryl methyl sites for hydroxylation is 2. The van der Waals surface area contributed by atoms with Crippen LogP contribution in [0.15, 0.2) is 15.2 Å². The predicted octanol–water partition coefficient (Wildman–Crippen LogP) is 3.29. The van der Waals surface area contributed by atoms with Crippen LogP contribution >= 0.6 is 31.9 Å². The molecule has 0 aliphatic rings. The second kappa shape index (κ2) is 3.58. The van der Waals surface area contributed by atoms with Crippen molar-refractivity contribution >= 4 is 31.9 Å². The van der Waals surface area contributed by atoms with E-state index in [4.69, 9.17) is 4.42 Å². The van der Waals surface area contributed by atoms with Gasteiger partial charge in [-0.15, -0.1) is 0 Å². The molecule has 10 heavy (non-hydrogen) atoms. The molecule has 0 fully saturated rings. The monoisotopic (exact) mass is 266 g/mol. The summed E-state index contributed by atoms with van der Waals surface area (Å²) in [6.45, 7) is 2.05. The van der Waals surface area contributed by atoms with Crippen LogP contribution in [0.25, 0.3) is 0 Å². The van der Waals surface area contributed by atoms with Gasteiger partial charge in [0.15, 0.2) is 4.67 Å². The first-order valence-electron chi connectivity index (χ1n) is 3.05. The van der Waals surface area contributed by atoms with Gasteiger partial charge in [0.25, 0.3) is 0 Å². The molecule has 56 valence electrons. The van der Waals surface area contributed by atoms with Gasteiger partial charge in [0.05, 0.1) is 0 Å². The molecule has 0 N–H and O–H groups in total. The van der Waals surface area contributed by atoms with Gasteiger partial charge in [0.1, 0.15) is 5.76 Å². The van der Waals surface area contributed by atoms with Crippen LogP contribution in [0.4, 0.5) is 0 Å². The van der Waals surface area contributed by atoms with Crippen LogP contribution in [0.2, 0.25) is 0 Å². The Labute approximate surface area is 77.1 Å². The maximum absolute atomic E-state index is 5.34. The highest BCUT2D eigenvalue weighted by Gasteiger charge is 2.03. The number of rotatable bonds is 2. The highest BCUT2D eigenvalue weighted by molar-refractivity contribution is 9.10. The molecular weight excluding hydrogens is 260 g/mol. The summed E-state index contributed by atoms with van der Waals surface area (Å²) in [6, 6.07) is 1.98. The standard InChI is InChI=1S/C7H8Br2O/c1-5-4-7(9)10-6(5)2-3-8/h4H,2-3H2,1H3. The van der Waals surface area contributed by atoms with Crippen molar-refractivity contribution in [2.75, 3.05) is 5.33 Å². The molecule has 0 unspecified atom stereocenters. The quantitative estimate of drug-likeness (QED) is 0.750. The van der Waals surface area contributed by atoms with Crippen LogP contribution in [-0.2, 0) is 6.42 Å². The first-order chi connectivity index (χ1) is 4.74. The third kappa shape index (κ3) is 1.86. The van der Waals surface area contributed by atoms with E-state index in [0.717, 1.165) is 22.2 Å². The van der Waals surface area contributed by atoms with E-state index in [0.29, 0.717) is 0 Å². The maximum atomic E-state index is 5.34. The normalized spacial score (nSPS) is 10.3. The average molecular weight is 268 g/mol. The van der Waals surface area contributed by atoms with E-state index in [-0.39, 0.29) is 0 Å². The molecule has 0 atom stereocenters. The lowest BCUT2D eigenvalue weighted by molar-refractivity contribution is 0.493. The SMILES string of the molecule is Cc1cc(Br)oc1CCBr. The molecule has 0 aromatic carbocycles. The van der Waals surface area contributed by atoms with E-state index < -0.39 is 0 Å². The van der Waals surface area contributed by atoms with Crippen LogP contribution in [0.3, 0.4) is 0 Å². The third-order valence-corrected chi connectivity index (χ3v) is 2.10. The van der Waals surface area contributed by atoms with Gasteiger partial charge >= 0.3 is 0 Å². The summed E-state index contributed by atoms with van der Waals surface area (Å²) < 4.78 is 6.16. The molecule has 3 heteroatoms. The lowest BCUT2D eigenvalue weighted by atomic mass is 10.2. The number of hydrogen-bond donors (Lipinski definition) is 0. The molecule has 0 bridgehead atoms. The lowest BCUT2D eigenvalue weighted by Crippen LogP contribution is -1.83. The summed E-state index contributed by atoms with van der Waals surface area (Å²) in [5, 5.41) is 0.952. The summed E-state index contributed by atoms with van der Waals surface area (Å²) >= 11 is 6.63. The lowest BCUT2D eigenvalue weighted by Gasteiger charge is -1.90. The van der Waals surface area contributed by atoms with E-state index in [1.807, 2.05) is 13.0 Å². The Morgan fingerprint density at radius 1 is 1.60 bits per heavy atom. The Morgan fingerprint density at radius 3 is 2.70 bits per heavy atom. The van der Waals surface area contributed by atoms with E-state index >= 15 is 0 Å². The minimum atomic E-state index is 0.820. The third-order valence-electron chi connectivity index (χ3n) is 1.31. The Hall–Kier alpha value is 0.240.